The van der Waals surface area contributed by atoms with Crippen LogP contribution in [0.2, 0.25) is 16.6 Å². The van der Waals surface area contributed by atoms with Crippen LogP contribution in [0.5, 0.6) is 0 Å². The fraction of sp³-hybridized carbons (Fsp3) is 0.600. The topological polar surface area (TPSA) is 9.23 Å². The lowest BCUT2D eigenvalue weighted by Crippen LogP contribution is -2.47. The summed E-state index contributed by atoms with van der Waals surface area (Å²) in [7, 11) is -1.91. The largest absolute Gasteiger partial charge is 0.546 e. The third-order valence-electron chi connectivity index (χ3n) is 6.63. The van der Waals surface area contributed by atoms with Crippen molar-refractivity contribution in [3.63, 3.8) is 0 Å². The molecule has 0 N–H and O–H groups in total. The molecule has 1 aromatic carbocycles. The number of hydrogen-bond acceptors (Lipinski definition) is 1. The lowest BCUT2D eigenvalue weighted by atomic mass is 9.72. The number of benzene rings is 1. The van der Waals surface area contributed by atoms with Crippen molar-refractivity contribution in [3.05, 3.63) is 58.3 Å². The van der Waals surface area contributed by atoms with Gasteiger partial charge in [-0.15, -0.1) is 0 Å². The first kappa shape index (κ1) is 23.5. The van der Waals surface area contributed by atoms with Crippen molar-refractivity contribution >= 4 is 24.2 Å². The molecule has 0 aromatic heterocycles. The Morgan fingerprint density at radius 3 is 2.00 bits per heavy atom. The first-order chi connectivity index (χ1) is 13.0. The molecular formula is C25H39BrOSi. The number of rotatable bonds is 6. The number of halogens is 1. The molecule has 28 heavy (non-hydrogen) atoms. The first-order valence-electron chi connectivity index (χ1n) is 10.8. The van der Waals surface area contributed by atoms with Crippen LogP contribution in [-0.4, -0.2) is 8.32 Å². The highest BCUT2D eigenvalue weighted by molar-refractivity contribution is 9.10. The van der Waals surface area contributed by atoms with Crippen LogP contribution in [0.4, 0.5) is 0 Å². The summed E-state index contributed by atoms with van der Waals surface area (Å²) in [6.45, 7) is 18.9. The first-order valence-corrected chi connectivity index (χ1v) is 13.7. The van der Waals surface area contributed by atoms with Gasteiger partial charge in [0.25, 0.3) is 8.32 Å². The van der Waals surface area contributed by atoms with Crippen molar-refractivity contribution in [1.82, 2.24) is 0 Å². The van der Waals surface area contributed by atoms with Crippen LogP contribution in [0.25, 0.3) is 0 Å². The fourth-order valence-corrected chi connectivity index (χ4v) is 10.7. The molecule has 1 aliphatic rings. The van der Waals surface area contributed by atoms with Crippen LogP contribution in [0.3, 0.4) is 0 Å². The van der Waals surface area contributed by atoms with Crippen LogP contribution in [0.1, 0.15) is 79.7 Å². The summed E-state index contributed by atoms with van der Waals surface area (Å²) in [6.07, 6.45) is 9.06. The average molecular weight is 464 g/mol. The van der Waals surface area contributed by atoms with Gasteiger partial charge in [0.1, 0.15) is 0 Å². The number of hydrogen-bond donors (Lipinski definition) is 0. The molecule has 0 amide bonds. The smallest absolute Gasteiger partial charge is 0.258 e. The van der Waals surface area contributed by atoms with Gasteiger partial charge in [0.05, 0.1) is 5.76 Å². The normalized spacial score (nSPS) is 23.3. The molecule has 0 radical (unpaired) electrons. The van der Waals surface area contributed by atoms with E-state index in [-0.39, 0.29) is 5.41 Å². The lowest BCUT2D eigenvalue weighted by molar-refractivity contribution is 0.339. The maximum absolute atomic E-state index is 7.01. The molecule has 1 unspecified atom stereocenters. The highest BCUT2D eigenvalue weighted by atomic mass is 79.9. The van der Waals surface area contributed by atoms with E-state index < -0.39 is 8.32 Å². The van der Waals surface area contributed by atoms with E-state index in [0.29, 0.717) is 22.5 Å². The van der Waals surface area contributed by atoms with Crippen molar-refractivity contribution in [1.29, 1.82) is 0 Å². The van der Waals surface area contributed by atoms with Gasteiger partial charge in [-0.2, -0.15) is 0 Å². The Bertz CT molecular complexity index is 676. The lowest BCUT2D eigenvalue weighted by Gasteiger charge is -2.43. The molecule has 0 fully saturated rings. The van der Waals surface area contributed by atoms with E-state index in [1.165, 1.54) is 11.3 Å². The molecular weight excluding hydrogens is 424 g/mol. The average Bonchev–Trinajstić information content (AvgIpc) is 2.58. The molecule has 1 nitrogen and oxygen atoms in total. The molecule has 156 valence electrons. The van der Waals surface area contributed by atoms with E-state index in [0.717, 1.165) is 17.3 Å². The van der Waals surface area contributed by atoms with Gasteiger partial charge in [-0.05, 0) is 58.1 Å². The van der Waals surface area contributed by atoms with Gasteiger partial charge < -0.3 is 4.43 Å². The van der Waals surface area contributed by atoms with Gasteiger partial charge in [-0.1, -0.05) is 95.6 Å². The minimum atomic E-state index is -1.91. The van der Waals surface area contributed by atoms with Gasteiger partial charge in [-0.3, -0.25) is 0 Å². The molecule has 3 heteroatoms. The zero-order valence-electron chi connectivity index (χ0n) is 19.1. The quantitative estimate of drug-likeness (QED) is 0.302. The second-order valence-corrected chi connectivity index (χ2v) is 16.1. The summed E-state index contributed by atoms with van der Waals surface area (Å²) >= 11 is 3.57. The van der Waals surface area contributed by atoms with E-state index in [1.807, 2.05) is 0 Å². The van der Waals surface area contributed by atoms with Crippen LogP contribution in [-0.2, 0) is 4.43 Å². The summed E-state index contributed by atoms with van der Waals surface area (Å²) in [5.74, 6) is 1.64. The third-order valence-corrected chi connectivity index (χ3v) is 13.2. The van der Waals surface area contributed by atoms with Gasteiger partial charge in [-0.25, -0.2) is 0 Å². The standard InChI is InChI=1S/C25H39BrOSi/c1-18(2)28(19(3)4,20(5)6)27-23-10-9-17-25(7,8)24(16-15-23)21-11-13-22(26)14-12-21/h9,11-15,17-20,24H,10,16H2,1-8H3/b17-9-,23-15+. The molecule has 1 aliphatic carbocycles. The maximum atomic E-state index is 7.01. The van der Waals surface area contributed by atoms with E-state index in [4.69, 9.17) is 4.43 Å². The third kappa shape index (κ3) is 5.02. The number of allylic oxidation sites excluding steroid dienone is 3. The van der Waals surface area contributed by atoms with E-state index >= 15 is 0 Å². The Hall–Kier alpha value is -0.803. The van der Waals surface area contributed by atoms with Crippen LogP contribution in [0, 0.1) is 5.41 Å². The Morgan fingerprint density at radius 2 is 1.50 bits per heavy atom. The highest BCUT2D eigenvalue weighted by Gasteiger charge is 2.47. The van der Waals surface area contributed by atoms with Gasteiger partial charge in [0.15, 0.2) is 0 Å². The molecule has 0 bridgehead atoms. The van der Waals surface area contributed by atoms with Crippen LogP contribution < -0.4 is 0 Å². The van der Waals surface area contributed by atoms with Gasteiger partial charge in [0, 0.05) is 10.9 Å². The summed E-state index contributed by atoms with van der Waals surface area (Å²) in [6, 6.07) is 8.83. The monoisotopic (exact) mass is 462 g/mol. The van der Waals surface area contributed by atoms with E-state index in [2.05, 4.69) is 114 Å². The second kappa shape index (κ2) is 9.34. The molecule has 0 heterocycles. The highest BCUT2D eigenvalue weighted by Crippen LogP contribution is 2.46. The molecule has 0 saturated heterocycles. The summed E-state index contributed by atoms with van der Waals surface area (Å²) in [5, 5.41) is 0. The minimum absolute atomic E-state index is 0.124. The molecule has 0 aliphatic heterocycles. The minimum Gasteiger partial charge on any atom is -0.546 e. The molecule has 2 rings (SSSR count). The van der Waals surface area contributed by atoms with Crippen molar-refractivity contribution in [2.24, 2.45) is 5.41 Å². The van der Waals surface area contributed by atoms with Crippen molar-refractivity contribution in [3.8, 4) is 0 Å². The summed E-state index contributed by atoms with van der Waals surface area (Å²) in [5.41, 5.74) is 3.32. The van der Waals surface area contributed by atoms with E-state index in [1.54, 1.807) is 0 Å². The molecule has 1 atom stereocenters. The van der Waals surface area contributed by atoms with Crippen molar-refractivity contribution in [2.75, 3.05) is 0 Å². The maximum Gasteiger partial charge on any atom is 0.258 e. The summed E-state index contributed by atoms with van der Waals surface area (Å²) < 4.78 is 8.15. The van der Waals surface area contributed by atoms with Crippen molar-refractivity contribution in [2.45, 2.75) is 90.8 Å². The predicted octanol–water partition coefficient (Wildman–Crippen LogP) is 8.98. The van der Waals surface area contributed by atoms with Gasteiger partial charge >= 0.3 is 0 Å². The molecule has 1 aromatic rings. The SMILES string of the molecule is CC(C)[Si](O/C1=C/CC(c2ccc(Br)cc2)C(C)(C)/C=C\C1)(C(C)C)C(C)C. The predicted molar refractivity (Wildman–Crippen MR) is 129 cm³/mol. The van der Waals surface area contributed by atoms with Crippen LogP contribution >= 0.6 is 15.9 Å². The Kier molecular flexibility index (Phi) is 7.83. The zero-order valence-corrected chi connectivity index (χ0v) is 21.6. The molecule has 0 saturated carbocycles. The summed E-state index contributed by atoms with van der Waals surface area (Å²) in [4.78, 5) is 0. The Morgan fingerprint density at radius 1 is 0.964 bits per heavy atom. The van der Waals surface area contributed by atoms with Gasteiger partial charge in [0.2, 0.25) is 0 Å². The zero-order chi connectivity index (χ0) is 21.1. The Balaban J connectivity index is 2.36. The fourth-order valence-electron chi connectivity index (χ4n) is 5.16. The van der Waals surface area contributed by atoms with E-state index in [9.17, 15) is 0 Å². The van der Waals surface area contributed by atoms with Crippen LogP contribution in [0.15, 0.2) is 52.7 Å². The Labute approximate surface area is 182 Å². The van der Waals surface area contributed by atoms with Crippen molar-refractivity contribution < 1.29 is 4.43 Å². The second-order valence-electron chi connectivity index (χ2n) is 9.86. The molecule has 0 spiro atoms.